The zero-order valence-electron chi connectivity index (χ0n) is 10.7. The van der Waals surface area contributed by atoms with E-state index in [1.165, 1.54) is 18.4 Å². The van der Waals surface area contributed by atoms with Crippen LogP contribution in [0.4, 0.5) is 0 Å². The van der Waals surface area contributed by atoms with Crippen LogP contribution in [0.15, 0.2) is 11.6 Å². The highest BCUT2D eigenvalue weighted by Crippen LogP contribution is 2.11. The van der Waals surface area contributed by atoms with Gasteiger partial charge in [-0.2, -0.15) is 0 Å². The summed E-state index contributed by atoms with van der Waals surface area (Å²) < 4.78 is 5.87. The van der Waals surface area contributed by atoms with Crippen LogP contribution in [0.2, 0.25) is 19.6 Å². The Bertz CT molecular complexity index is 175. The first-order valence-corrected chi connectivity index (χ1v) is 8.99. The van der Waals surface area contributed by atoms with Gasteiger partial charge >= 0.3 is 0 Å². The minimum absolute atomic E-state index is 0.692. The Morgan fingerprint density at radius 2 is 1.86 bits per heavy atom. The standard InChI is InChI=1S/C12H26OSi/c1-11(2)8-7-9-12(3)10-13-14(4,5)6/h8,12H,7,9-10H2,1-6H3. The van der Waals surface area contributed by atoms with Gasteiger partial charge in [-0.3, -0.25) is 0 Å². The Morgan fingerprint density at radius 3 is 2.29 bits per heavy atom. The van der Waals surface area contributed by atoms with Crippen LogP contribution in [0.25, 0.3) is 0 Å². The number of hydrogen-bond donors (Lipinski definition) is 0. The molecule has 0 amide bonds. The molecule has 0 spiro atoms. The Morgan fingerprint density at radius 1 is 1.29 bits per heavy atom. The smallest absolute Gasteiger partial charge is 0.183 e. The number of allylic oxidation sites excluding steroid dienone is 2. The van der Waals surface area contributed by atoms with Gasteiger partial charge < -0.3 is 4.43 Å². The topological polar surface area (TPSA) is 9.23 Å². The quantitative estimate of drug-likeness (QED) is 0.475. The van der Waals surface area contributed by atoms with E-state index < -0.39 is 8.32 Å². The summed E-state index contributed by atoms with van der Waals surface area (Å²) in [4.78, 5) is 0. The van der Waals surface area contributed by atoms with Gasteiger partial charge in [0.25, 0.3) is 0 Å². The number of hydrogen-bond acceptors (Lipinski definition) is 1. The van der Waals surface area contributed by atoms with Crippen molar-refractivity contribution in [1.82, 2.24) is 0 Å². The molecule has 0 aromatic rings. The van der Waals surface area contributed by atoms with Gasteiger partial charge in [0.2, 0.25) is 0 Å². The lowest BCUT2D eigenvalue weighted by molar-refractivity contribution is 0.247. The zero-order valence-corrected chi connectivity index (χ0v) is 11.7. The summed E-state index contributed by atoms with van der Waals surface area (Å²) in [5, 5.41) is 0. The van der Waals surface area contributed by atoms with Crippen LogP contribution < -0.4 is 0 Å². The second-order valence-corrected chi connectivity index (χ2v) is 9.90. The van der Waals surface area contributed by atoms with Crippen LogP contribution in [0.1, 0.15) is 33.6 Å². The Labute approximate surface area is 90.7 Å². The molecule has 0 saturated heterocycles. The second-order valence-electron chi connectivity index (χ2n) is 5.39. The first kappa shape index (κ1) is 13.9. The fourth-order valence-electron chi connectivity index (χ4n) is 1.13. The third-order valence-corrected chi connectivity index (χ3v) is 3.05. The van der Waals surface area contributed by atoms with Crippen LogP contribution in [0, 0.1) is 5.92 Å². The first-order chi connectivity index (χ1) is 6.31. The maximum atomic E-state index is 5.87. The van der Waals surface area contributed by atoms with E-state index in [1.54, 1.807) is 0 Å². The largest absolute Gasteiger partial charge is 0.417 e. The van der Waals surface area contributed by atoms with Gasteiger partial charge in [-0.15, -0.1) is 0 Å². The molecule has 0 aromatic carbocycles. The molecule has 0 bridgehead atoms. The van der Waals surface area contributed by atoms with Crippen LogP contribution >= 0.6 is 0 Å². The van der Waals surface area contributed by atoms with Gasteiger partial charge in [0.05, 0.1) is 0 Å². The summed E-state index contributed by atoms with van der Waals surface area (Å²) in [6.45, 7) is 14.3. The molecule has 1 atom stereocenters. The Balaban J connectivity index is 3.56. The molecule has 0 aliphatic rings. The van der Waals surface area contributed by atoms with Crippen LogP contribution in [0.5, 0.6) is 0 Å². The lowest BCUT2D eigenvalue weighted by Gasteiger charge is -2.20. The molecule has 0 N–H and O–H groups in total. The monoisotopic (exact) mass is 214 g/mol. The second kappa shape index (κ2) is 6.41. The van der Waals surface area contributed by atoms with Crippen molar-refractivity contribution in [3.63, 3.8) is 0 Å². The Kier molecular flexibility index (Phi) is 6.37. The van der Waals surface area contributed by atoms with Crippen molar-refractivity contribution >= 4 is 8.32 Å². The fraction of sp³-hybridized carbons (Fsp3) is 0.833. The fourth-order valence-corrected chi connectivity index (χ4v) is 1.92. The average Bonchev–Trinajstić information content (AvgIpc) is 1.99. The van der Waals surface area contributed by atoms with E-state index in [0.29, 0.717) is 5.92 Å². The van der Waals surface area contributed by atoms with Crippen molar-refractivity contribution in [3.05, 3.63) is 11.6 Å². The van der Waals surface area contributed by atoms with Gasteiger partial charge in [0.1, 0.15) is 0 Å². The van der Waals surface area contributed by atoms with Crippen molar-refractivity contribution in [3.8, 4) is 0 Å². The summed E-state index contributed by atoms with van der Waals surface area (Å²) in [5.74, 6) is 0.692. The van der Waals surface area contributed by atoms with Crippen molar-refractivity contribution in [2.75, 3.05) is 6.61 Å². The predicted molar refractivity (Wildman–Crippen MR) is 67.1 cm³/mol. The van der Waals surface area contributed by atoms with Crippen molar-refractivity contribution in [1.29, 1.82) is 0 Å². The maximum Gasteiger partial charge on any atom is 0.183 e. The predicted octanol–water partition coefficient (Wildman–Crippen LogP) is 4.22. The van der Waals surface area contributed by atoms with Crippen LogP contribution in [-0.2, 0) is 4.43 Å². The van der Waals surface area contributed by atoms with Crippen molar-refractivity contribution < 1.29 is 4.43 Å². The lowest BCUT2D eigenvalue weighted by atomic mass is 10.1. The van der Waals surface area contributed by atoms with E-state index in [0.717, 1.165) is 6.61 Å². The molecule has 0 aliphatic carbocycles. The molecule has 1 nitrogen and oxygen atoms in total. The van der Waals surface area contributed by atoms with E-state index in [-0.39, 0.29) is 0 Å². The SMILES string of the molecule is CC(C)=CCCC(C)CO[Si](C)(C)C. The van der Waals surface area contributed by atoms with Gasteiger partial charge in [-0.1, -0.05) is 18.6 Å². The molecular weight excluding hydrogens is 188 g/mol. The van der Waals surface area contributed by atoms with Crippen molar-refractivity contribution in [2.24, 2.45) is 5.92 Å². The van der Waals surface area contributed by atoms with Crippen LogP contribution in [-0.4, -0.2) is 14.9 Å². The van der Waals surface area contributed by atoms with E-state index in [2.05, 4.69) is 46.5 Å². The van der Waals surface area contributed by atoms with Gasteiger partial charge in [-0.05, 0) is 52.2 Å². The highest BCUT2D eigenvalue weighted by Gasteiger charge is 2.15. The summed E-state index contributed by atoms with van der Waals surface area (Å²) in [5.41, 5.74) is 1.42. The average molecular weight is 214 g/mol. The molecule has 2 heteroatoms. The highest BCUT2D eigenvalue weighted by molar-refractivity contribution is 6.69. The highest BCUT2D eigenvalue weighted by atomic mass is 28.4. The molecule has 84 valence electrons. The normalized spacial score (nSPS) is 13.9. The summed E-state index contributed by atoms with van der Waals surface area (Å²) in [7, 11) is -1.30. The maximum absolute atomic E-state index is 5.87. The summed E-state index contributed by atoms with van der Waals surface area (Å²) >= 11 is 0. The van der Waals surface area contributed by atoms with Crippen LogP contribution in [0.3, 0.4) is 0 Å². The number of rotatable bonds is 6. The minimum Gasteiger partial charge on any atom is -0.417 e. The van der Waals surface area contributed by atoms with Gasteiger partial charge in [0.15, 0.2) is 8.32 Å². The van der Waals surface area contributed by atoms with E-state index in [1.807, 2.05) is 0 Å². The molecule has 0 rings (SSSR count). The third-order valence-electron chi connectivity index (χ3n) is 2.01. The summed E-state index contributed by atoms with van der Waals surface area (Å²) in [6.07, 6.45) is 4.75. The molecule has 0 radical (unpaired) electrons. The lowest BCUT2D eigenvalue weighted by Crippen LogP contribution is -2.27. The zero-order chi connectivity index (χ0) is 11.2. The molecule has 0 aliphatic heterocycles. The molecule has 14 heavy (non-hydrogen) atoms. The minimum atomic E-state index is -1.30. The van der Waals surface area contributed by atoms with Gasteiger partial charge in [0, 0.05) is 6.61 Å². The molecule has 0 fully saturated rings. The molecule has 1 unspecified atom stereocenters. The van der Waals surface area contributed by atoms with E-state index in [9.17, 15) is 0 Å². The molecule has 0 saturated carbocycles. The van der Waals surface area contributed by atoms with Crippen molar-refractivity contribution in [2.45, 2.75) is 53.3 Å². The third kappa shape index (κ3) is 10.0. The molecular formula is C12H26OSi. The van der Waals surface area contributed by atoms with E-state index in [4.69, 9.17) is 4.43 Å². The molecule has 0 aromatic heterocycles. The Hall–Kier alpha value is -0.0831. The summed E-state index contributed by atoms with van der Waals surface area (Å²) in [6, 6.07) is 0. The molecule has 0 heterocycles. The first-order valence-electron chi connectivity index (χ1n) is 5.58. The van der Waals surface area contributed by atoms with E-state index >= 15 is 0 Å². The van der Waals surface area contributed by atoms with Gasteiger partial charge in [-0.25, -0.2) is 0 Å².